The molecule has 1 aliphatic heterocycles. The van der Waals surface area contributed by atoms with Crippen LogP contribution in [-0.4, -0.2) is 139 Å². The van der Waals surface area contributed by atoms with Crippen LogP contribution in [0.25, 0.3) is 22.8 Å². The van der Waals surface area contributed by atoms with Crippen molar-refractivity contribution in [2.75, 3.05) is 70.5 Å². The number of benzene rings is 4. The molecule has 0 bridgehead atoms. The van der Waals surface area contributed by atoms with Crippen molar-refractivity contribution in [1.29, 1.82) is 0 Å². The average Bonchev–Trinajstić information content (AvgIpc) is 3.65. The molecule has 20 nitrogen and oxygen atoms in total. The smallest absolute Gasteiger partial charge is 0.319 e. The summed E-state index contributed by atoms with van der Waals surface area (Å²) in [4.78, 5) is 57.5. The van der Waals surface area contributed by atoms with Crippen molar-refractivity contribution in [2.45, 2.75) is 92.2 Å². The highest BCUT2D eigenvalue weighted by Crippen LogP contribution is 2.29. The number of hydrogen-bond acceptors (Lipinski definition) is 12. The molecule has 5 N–H and O–H groups in total. The van der Waals surface area contributed by atoms with E-state index in [-0.39, 0.29) is 23.9 Å². The van der Waals surface area contributed by atoms with Crippen molar-refractivity contribution in [3.63, 3.8) is 0 Å². The van der Waals surface area contributed by atoms with E-state index in [0.717, 1.165) is 90.6 Å². The number of amides is 6. The third-order valence-corrected chi connectivity index (χ3v) is 13.8. The van der Waals surface area contributed by atoms with Gasteiger partial charge in [-0.05, 0) is 203 Å². The minimum absolute atomic E-state index is 0.0483. The molecule has 0 unspecified atom stereocenters. The second-order valence-corrected chi connectivity index (χ2v) is 20.5. The number of anilines is 2. The van der Waals surface area contributed by atoms with Gasteiger partial charge in [0.15, 0.2) is 11.6 Å². The maximum absolute atomic E-state index is 13.1. The van der Waals surface area contributed by atoms with Crippen LogP contribution in [0, 0.1) is 33.6 Å². The Bertz CT molecular complexity index is 2920. The van der Waals surface area contributed by atoms with Crippen LogP contribution in [0.3, 0.4) is 0 Å². The molecular formula is C56H76N16O4. The number of likely N-dealkylation sites (tertiary alicyclic amines) is 1. The van der Waals surface area contributed by atoms with Crippen LogP contribution < -0.4 is 26.6 Å². The second kappa shape index (κ2) is 27.3. The van der Waals surface area contributed by atoms with E-state index in [0.29, 0.717) is 70.8 Å². The molecule has 2 fully saturated rings. The summed E-state index contributed by atoms with van der Waals surface area (Å²) in [7, 11) is 7.71. The summed E-state index contributed by atoms with van der Waals surface area (Å²) in [5.41, 5.74) is 11.2. The average molecular weight is 1040 g/mol. The Morgan fingerprint density at radius 1 is 0.579 bits per heavy atom. The molecular weight excluding hydrogens is 961 g/mol. The Morgan fingerprint density at radius 2 is 1.05 bits per heavy atom. The topological polar surface area (TPSA) is 225 Å². The van der Waals surface area contributed by atoms with Crippen LogP contribution in [0.5, 0.6) is 0 Å². The molecule has 1 aliphatic carbocycles. The minimum Gasteiger partial charge on any atom is -0.352 e. The molecule has 20 heteroatoms. The van der Waals surface area contributed by atoms with Crippen LogP contribution in [0.2, 0.25) is 0 Å². The molecule has 2 aliphatic rings. The van der Waals surface area contributed by atoms with Gasteiger partial charge in [0.05, 0.1) is 0 Å². The largest absolute Gasteiger partial charge is 0.352 e. The van der Waals surface area contributed by atoms with Crippen LogP contribution in [0.1, 0.15) is 105 Å². The SMILES string of the molecule is Cc1ccc(CN(C)CCCCNC(=O)Nc2cc(C(=O)N3CCCC3)cc(-c3nnnn3C)c2)cc1C.Cc1ccc(CN(C)CCCCNC(=O)Nc2cc(C(=O)NCC3CC3)cc(-c3nnnn3C)c2)cc1C. The zero-order valence-corrected chi connectivity index (χ0v) is 45.6. The lowest BCUT2D eigenvalue weighted by atomic mass is 10.1. The van der Waals surface area contributed by atoms with E-state index in [1.54, 1.807) is 55.2 Å². The van der Waals surface area contributed by atoms with Gasteiger partial charge in [0.25, 0.3) is 11.8 Å². The Hall–Kier alpha value is -7.58. The standard InChI is InChI=1S/2C28H38N8O2/c1-19-7-8-22(13-20(19)2)18-35(3)12-6-5-11-29-28(38)31-25-15-23(26-32-33-34-36(26)4)14-24(16-25)27(37)30-17-21-9-10-21;1-20-9-10-22(15-21(20)2)19-34(3)12-6-5-11-29-28(38)30-25-17-23(26-31-32-33-35(26)4)16-24(18-25)27(37)36-13-7-8-14-36/h7-8,13-16,21H,5-6,9-12,17-18H2,1-4H3,(H,30,37)(H2,29,31,38);9-10,15-18H,5-8,11-14,19H2,1-4H3,(H2,29,30,38). The summed E-state index contributed by atoms with van der Waals surface area (Å²) >= 11 is 0. The van der Waals surface area contributed by atoms with E-state index in [1.165, 1.54) is 38.1 Å². The Balaban J connectivity index is 0.000000221. The molecule has 0 atom stereocenters. The summed E-state index contributed by atoms with van der Waals surface area (Å²) < 4.78 is 3.07. The molecule has 76 heavy (non-hydrogen) atoms. The first-order valence-corrected chi connectivity index (χ1v) is 26.5. The lowest BCUT2D eigenvalue weighted by Crippen LogP contribution is -2.30. The van der Waals surface area contributed by atoms with E-state index >= 15 is 0 Å². The molecule has 3 heterocycles. The van der Waals surface area contributed by atoms with Crippen molar-refractivity contribution in [2.24, 2.45) is 20.0 Å². The molecule has 6 aromatic rings. The molecule has 8 rings (SSSR count). The van der Waals surface area contributed by atoms with Crippen LogP contribution in [0.4, 0.5) is 21.0 Å². The third-order valence-electron chi connectivity index (χ3n) is 13.8. The predicted octanol–water partition coefficient (Wildman–Crippen LogP) is 7.43. The number of tetrazole rings is 2. The highest BCUT2D eigenvalue weighted by atomic mass is 16.2. The first-order chi connectivity index (χ1) is 36.6. The number of hydrogen-bond donors (Lipinski definition) is 5. The Morgan fingerprint density at radius 3 is 1.50 bits per heavy atom. The lowest BCUT2D eigenvalue weighted by Gasteiger charge is -2.18. The van der Waals surface area contributed by atoms with Gasteiger partial charge < -0.3 is 41.3 Å². The molecule has 4 aromatic carbocycles. The van der Waals surface area contributed by atoms with Gasteiger partial charge in [0, 0.05) is 93.5 Å². The number of aromatic nitrogens is 8. The van der Waals surface area contributed by atoms with E-state index in [9.17, 15) is 19.2 Å². The van der Waals surface area contributed by atoms with E-state index in [2.05, 4.69) is 146 Å². The number of unbranched alkanes of at least 4 members (excludes halogenated alkanes) is 2. The fraction of sp³-hybridized carbons (Fsp3) is 0.464. The normalized spacial score (nSPS) is 13.1. The summed E-state index contributed by atoms with van der Waals surface area (Å²) in [5.74, 6) is 1.37. The molecule has 0 spiro atoms. The fourth-order valence-corrected chi connectivity index (χ4v) is 8.98. The lowest BCUT2D eigenvalue weighted by molar-refractivity contribution is 0.0792. The maximum Gasteiger partial charge on any atom is 0.319 e. The van der Waals surface area contributed by atoms with Gasteiger partial charge in [-0.1, -0.05) is 36.4 Å². The summed E-state index contributed by atoms with van der Waals surface area (Å²) in [6.07, 6.45) is 8.01. The summed E-state index contributed by atoms with van der Waals surface area (Å²) in [6, 6.07) is 23.1. The number of carbonyl (C=O) groups excluding carboxylic acids is 4. The van der Waals surface area contributed by atoms with Gasteiger partial charge in [0.2, 0.25) is 0 Å². The Kier molecular flexibility index (Phi) is 20.2. The minimum atomic E-state index is -0.314. The van der Waals surface area contributed by atoms with E-state index < -0.39 is 0 Å². The van der Waals surface area contributed by atoms with Gasteiger partial charge in [-0.15, -0.1) is 10.2 Å². The number of nitrogens with one attached hydrogen (secondary N) is 5. The van der Waals surface area contributed by atoms with E-state index in [4.69, 9.17) is 0 Å². The molecule has 0 radical (unpaired) electrons. The monoisotopic (exact) mass is 1040 g/mol. The van der Waals surface area contributed by atoms with Crippen molar-refractivity contribution in [3.8, 4) is 22.8 Å². The molecule has 1 saturated carbocycles. The fourth-order valence-electron chi connectivity index (χ4n) is 8.98. The number of nitrogens with zero attached hydrogens (tertiary/aromatic N) is 11. The number of urea groups is 2. The van der Waals surface area contributed by atoms with Gasteiger partial charge in [0.1, 0.15) is 0 Å². The first kappa shape index (κ1) is 56.2. The number of aryl methyl sites for hydroxylation is 6. The summed E-state index contributed by atoms with van der Waals surface area (Å²) in [5, 5.41) is 37.8. The van der Waals surface area contributed by atoms with Crippen molar-refractivity contribution < 1.29 is 19.2 Å². The third kappa shape index (κ3) is 17.0. The number of rotatable bonds is 22. The van der Waals surface area contributed by atoms with Crippen molar-refractivity contribution in [3.05, 3.63) is 117 Å². The molecule has 6 amide bonds. The van der Waals surface area contributed by atoms with Gasteiger partial charge in [-0.3, -0.25) is 9.59 Å². The first-order valence-electron chi connectivity index (χ1n) is 26.5. The number of carbonyl (C=O) groups is 4. The van der Waals surface area contributed by atoms with Crippen LogP contribution in [0.15, 0.2) is 72.8 Å². The van der Waals surface area contributed by atoms with Gasteiger partial charge in [-0.25, -0.2) is 19.0 Å². The highest BCUT2D eigenvalue weighted by molar-refractivity contribution is 5.99. The van der Waals surface area contributed by atoms with Crippen molar-refractivity contribution >= 4 is 35.3 Å². The molecule has 2 aromatic heterocycles. The zero-order valence-electron chi connectivity index (χ0n) is 45.6. The maximum atomic E-state index is 13.1. The zero-order chi connectivity index (χ0) is 54.1. The quantitative estimate of drug-likeness (QED) is 0.0419. The Labute approximate surface area is 446 Å². The van der Waals surface area contributed by atoms with Crippen LogP contribution >= 0.6 is 0 Å². The summed E-state index contributed by atoms with van der Waals surface area (Å²) in [6.45, 7) is 15.5. The van der Waals surface area contributed by atoms with Gasteiger partial charge >= 0.3 is 12.1 Å². The van der Waals surface area contributed by atoms with E-state index in [1.807, 2.05) is 4.90 Å². The van der Waals surface area contributed by atoms with Crippen molar-refractivity contribution in [1.82, 2.24) is 71.1 Å². The molecule has 404 valence electrons. The predicted molar refractivity (Wildman–Crippen MR) is 296 cm³/mol. The van der Waals surface area contributed by atoms with Crippen LogP contribution in [-0.2, 0) is 27.2 Å². The highest BCUT2D eigenvalue weighted by Gasteiger charge is 2.24. The second-order valence-electron chi connectivity index (χ2n) is 20.5. The molecule has 1 saturated heterocycles. The van der Waals surface area contributed by atoms with Gasteiger partial charge in [-0.2, -0.15) is 0 Å².